The van der Waals surface area contributed by atoms with Gasteiger partial charge in [-0.05, 0) is 55.3 Å². The summed E-state index contributed by atoms with van der Waals surface area (Å²) >= 11 is 12.0. The minimum atomic E-state index is -0.494. The molecule has 0 N–H and O–H groups in total. The Labute approximate surface area is 191 Å². The van der Waals surface area contributed by atoms with Crippen molar-refractivity contribution >= 4 is 40.0 Å². The smallest absolute Gasteiger partial charge is 0.266 e. The molecule has 0 saturated carbocycles. The van der Waals surface area contributed by atoms with E-state index in [1.807, 2.05) is 20.8 Å². The number of carbonyl (C=O) groups excluding carboxylic acids is 1. The van der Waals surface area contributed by atoms with E-state index in [2.05, 4.69) is 0 Å². The van der Waals surface area contributed by atoms with Crippen molar-refractivity contribution in [3.05, 3.63) is 63.7 Å². The van der Waals surface area contributed by atoms with Gasteiger partial charge in [0.15, 0.2) is 0 Å². The number of halogens is 2. The summed E-state index contributed by atoms with van der Waals surface area (Å²) in [6, 6.07) is 11.6. The molecule has 1 aromatic heterocycles. The normalized spacial score (nSPS) is 12.2. The molecule has 6 nitrogen and oxygen atoms in total. The van der Waals surface area contributed by atoms with Gasteiger partial charge in [-0.3, -0.25) is 14.2 Å². The van der Waals surface area contributed by atoms with Gasteiger partial charge < -0.3 is 9.64 Å². The van der Waals surface area contributed by atoms with E-state index in [1.165, 1.54) is 4.57 Å². The lowest BCUT2D eigenvalue weighted by Gasteiger charge is -2.31. The SMILES string of the molecule is COc1ccc(-n2c(C(C)N(CC(C)C)C(=O)CCl)nc3cc(Cl)ccc3c2=O)cc1. The fourth-order valence-corrected chi connectivity index (χ4v) is 3.84. The second-order valence-electron chi connectivity index (χ2n) is 7.72. The Morgan fingerprint density at radius 2 is 1.84 bits per heavy atom. The van der Waals surface area contributed by atoms with E-state index in [9.17, 15) is 9.59 Å². The number of hydrogen-bond donors (Lipinski definition) is 0. The van der Waals surface area contributed by atoms with Crippen LogP contribution in [0.5, 0.6) is 5.75 Å². The summed E-state index contributed by atoms with van der Waals surface area (Å²) in [5.41, 5.74) is 0.864. The molecule has 1 amide bonds. The lowest BCUT2D eigenvalue weighted by Crippen LogP contribution is -2.40. The van der Waals surface area contributed by atoms with Crippen LogP contribution in [0.1, 0.15) is 32.6 Å². The van der Waals surface area contributed by atoms with Crippen molar-refractivity contribution in [3.63, 3.8) is 0 Å². The zero-order valence-corrected chi connectivity index (χ0v) is 19.4. The molecule has 1 atom stereocenters. The first kappa shape index (κ1) is 23.1. The minimum absolute atomic E-state index is 0.150. The number of carbonyl (C=O) groups is 1. The van der Waals surface area contributed by atoms with Gasteiger partial charge in [0.2, 0.25) is 5.91 Å². The summed E-state index contributed by atoms with van der Waals surface area (Å²) in [6.45, 7) is 6.38. The molecule has 1 heterocycles. The van der Waals surface area contributed by atoms with Gasteiger partial charge in [-0.25, -0.2) is 4.98 Å². The Kier molecular flexibility index (Phi) is 7.23. The second kappa shape index (κ2) is 9.71. The fraction of sp³-hybridized carbons (Fsp3) is 0.348. The molecule has 2 aromatic carbocycles. The molecule has 3 rings (SSSR count). The van der Waals surface area contributed by atoms with Crippen LogP contribution in [0, 0.1) is 5.92 Å². The van der Waals surface area contributed by atoms with Crippen LogP contribution in [0.25, 0.3) is 16.6 Å². The Hall–Kier alpha value is -2.57. The van der Waals surface area contributed by atoms with Crippen LogP contribution >= 0.6 is 23.2 Å². The first-order chi connectivity index (χ1) is 14.8. The number of hydrogen-bond acceptors (Lipinski definition) is 4. The number of amides is 1. The van der Waals surface area contributed by atoms with Gasteiger partial charge in [-0.15, -0.1) is 11.6 Å². The first-order valence-corrected chi connectivity index (χ1v) is 10.9. The zero-order chi connectivity index (χ0) is 22.7. The molecule has 0 aliphatic carbocycles. The number of rotatable bonds is 7. The van der Waals surface area contributed by atoms with Crippen LogP contribution in [0.3, 0.4) is 0 Å². The van der Waals surface area contributed by atoms with Crippen molar-refractivity contribution in [2.45, 2.75) is 26.8 Å². The number of fused-ring (bicyclic) bond motifs is 1. The Balaban J connectivity index is 2.28. The topological polar surface area (TPSA) is 64.4 Å². The summed E-state index contributed by atoms with van der Waals surface area (Å²) in [4.78, 5) is 32.6. The molecule has 1 unspecified atom stereocenters. The maximum atomic E-state index is 13.5. The molecule has 164 valence electrons. The molecule has 0 saturated heterocycles. The fourth-order valence-electron chi connectivity index (χ4n) is 3.52. The van der Waals surface area contributed by atoms with Gasteiger partial charge in [0.25, 0.3) is 5.56 Å². The lowest BCUT2D eigenvalue weighted by molar-refractivity contribution is -0.131. The van der Waals surface area contributed by atoms with Crippen LogP contribution < -0.4 is 10.3 Å². The molecule has 3 aromatic rings. The number of nitrogens with zero attached hydrogens (tertiary/aromatic N) is 3. The van der Waals surface area contributed by atoms with Crippen LogP contribution in [-0.2, 0) is 4.79 Å². The highest BCUT2D eigenvalue weighted by molar-refractivity contribution is 6.31. The summed E-state index contributed by atoms with van der Waals surface area (Å²) in [6.07, 6.45) is 0. The molecule has 0 bridgehead atoms. The monoisotopic (exact) mass is 461 g/mol. The van der Waals surface area contributed by atoms with E-state index in [0.717, 1.165) is 0 Å². The Morgan fingerprint density at radius 1 is 1.16 bits per heavy atom. The average molecular weight is 462 g/mol. The maximum absolute atomic E-state index is 13.5. The van der Waals surface area contributed by atoms with Gasteiger partial charge >= 0.3 is 0 Å². The minimum Gasteiger partial charge on any atom is -0.497 e. The van der Waals surface area contributed by atoms with Gasteiger partial charge in [0.1, 0.15) is 17.5 Å². The van der Waals surface area contributed by atoms with Gasteiger partial charge in [0, 0.05) is 11.6 Å². The van der Waals surface area contributed by atoms with E-state index in [-0.39, 0.29) is 23.3 Å². The lowest BCUT2D eigenvalue weighted by atomic mass is 10.1. The van der Waals surface area contributed by atoms with E-state index in [1.54, 1.807) is 54.5 Å². The van der Waals surface area contributed by atoms with E-state index < -0.39 is 6.04 Å². The Morgan fingerprint density at radius 3 is 2.42 bits per heavy atom. The molecule has 8 heteroatoms. The largest absolute Gasteiger partial charge is 0.497 e. The van der Waals surface area contributed by atoms with Crippen LogP contribution in [0.15, 0.2) is 47.3 Å². The van der Waals surface area contributed by atoms with Crippen molar-refractivity contribution in [3.8, 4) is 11.4 Å². The van der Waals surface area contributed by atoms with Gasteiger partial charge in [-0.2, -0.15) is 0 Å². The zero-order valence-electron chi connectivity index (χ0n) is 17.9. The van der Waals surface area contributed by atoms with Crippen LogP contribution in [0.2, 0.25) is 5.02 Å². The predicted octanol–water partition coefficient (Wildman–Crippen LogP) is 4.83. The van der Waals surface area contributed by atoms with Crippen molar-refractivity contribution < 1.29 is 9.53 Å². The van der Waals surface area contributed by atoms with E-state index in [0.29, 0.717) is 39.7 Å². The summed E-state index contributed by atoms with van der Waals surface area (Å²) in [5.74, 6) is 0.952. The molecule has 0 radical (unpaired) electrons. The Bertz CT molecular complexity index is 1140. The van der Waals surface area contributed by atoms with Crippen LogP contribution in [0.4, 0.5) is 0 Å². The maximum Gasteiger partial charge on any atom is 0.266 e. The highest BCUT2D eigenvalue weighted by Crippen LogP contribution is 2.26. The summed E-state index contributed by atoms with van der Waals surface area (Å²) < 4.78 is 6.78. The third-order valence-corrected chi connectivity index (χ3v) is 5.49. The molecule has 0 spiro atoms. The van der Waals surface area contributed by atoms with Crippen LogP contribution in [-0.4, -0.2) is 39.9 Å². The number of alkyl halides is 1. The quantitative estimate of drug-likeness (QED) is 0.472. The molecule has 0 aliphatic heterocycles. The highest BCUT2D eigenvalue weighted by Gasteiger charge is 2.27. The number of benzene rings is 2. The molecule has 0 aliphatic rings. The van der Waals surface area contributed by atoms with Crippen molar-refractivity contribution in [1.82, 2.24) is 14.5 Å². The van der Waals surface area contributed by atoms with Crippen molar-refractivity contribution in [2.75, 3.05) is 19.5 Å². The van der Waals surface area contributed by atoms with Gasteiger partial charge in [-0.1, -0.05) is 25.4 Å². The van der Waals surface area contributed by atoms with E-state index >= 15 is 0 Å². The number of methoxy groups -OCH3 is 1. The third-order valence-electron chi connectivity index (χ3n) is 5.03. The molecule has 0 fully saturated rings. The summed E-state index contributed by atoms with van der Waals surface area (Å²) in [7, 11) is 1.58. The standard InChI is InChI=1S/C23H25Cl2N3O3/c1-14(2)13-27(21(29)12-24)15(3)22-26-20-11-16(25)5-10-19(20)23(30)28(22)17-6-8-18(31-4)9-7-17/h5-11,14-15H,12-13H2,1-4H3. The molecular weight excluding hydrogens is 437 g/mol. The van der Waals surface area contributed by atoms with Gasteiger partial charge in [0.05, 0.1) is 29.7 Å². The molecular formula is C23H25Cl2N3O3. The van der Waals surface area contributed by atoms with Crippen molar-refractivity contribution in [2.24, 2.45) is 5.92 Å². The van der Waals surface area contributed by atoms with E-state index in [4.69, 9.17) is 32.9 Å². The number of aromatic nitrogens is 2. The molecule has 31 heavy (non-hydrogen) atoms. The highest BCUT2D eigenvalue weighted by atomic mass is 35.5. The third kappa shape index (κ3) is 4.86. The second-order valence-corrected chi connectivity index (χ2v) is 8.42. The predicted molar refractivity (Wildman–Crippen MR) is 125 cm³/mol. The average Bonchev–Trinajstić information content (AvgIpc) is 2.76. The first-order valence-electron chi connectivity index (χ1n) is 9.98. The van der Waals surface area contributed by atoms with Crippen molar-refractivity contribution in [1.29, 1.82) is 0 Å². The summed E-state index contributed by atoms with van der Waals surface area (Å²) in [5, 5.41) is 0.923. The number of ether oxygens (including phenoxy) is 1.